The van der Waals surface area contributed by atoms with E-state index >= 15 is 0 Å². The topological polar surface area (TPSA) is 29.5 Å². The molecule has 0 amide bonds. The van der Waals surface area contributed by atoms with Crippen LogP contribution in [0.3, 0.4) is 0 Å². The highest BCUT2D eigenvalue weighted by molar-refractivity contribution is 9.10. The Morgan fingerprint density at radius 3 is 2.67 bits per heavy atom. The van der Waals surface area contributed by atoms with Crippen LogP contribution in [0.2, 0.25) is 0 Å². The van der Waals surface area contributed by atoms with Crippen LogP contribution in [0.25, 0.3) is 0 Å². The van der Waals surface area contributed by atoms with Gasteiger partial charge in [-0.1, -0.05) is 15.9 Å². The molecule has 0 radical (unpaired) electrons. The Morgan fingerprint density at radius 1 is 1.50 bits per heavy atom. The SMILES string of the molecule is COc1cc(Br)c(CO)cc1C. The summed E-state index contributed by atoms with van der Waals surface area (Å²) in [5, 5.41) is 8.94. The number of benzene rings is 1. The number of aliphatic hydroxyl groups is 1. The summed E-state index contributed by atoms with van der Waals surface area (Å²) in [7, 11) is 1.63. The summed E-state index contributed by atoms with van der Waals surface area (Å²) in [6.45, 7) is 2.00. The molecule has 0 unspecified atom stereocenters. The van der Waals surface area contributed by atoms with Crippen molar-refractivity contribution in [2.75, 3.05) is 7.11 Å². The van der Waals surface area contributed by atoms with Crippen molar-refractivity contribution in [3.05, 3.63) is 27.7 Å². The molecule has 12 heavy (non-hydrogen) atoms. The Labute approximate surface area is 80.3 Å². The molecule has 0 aliphatic rings. The van der Waals surface area contributed by atoms with Gasteiger partial charge in [-0.25, -0.2) is 0 Å². The number of aliphatic hydroxyl groups excluding tert-OH is 1. The first-order valence-corrected chi connectivity index (χ1v) is 4.42. The van der Waals surface area contributed by atoms with E-state index in [4.69, 9.17) is 9.84 Å². The predicted octanol–water partition coefficient (Wildman–Crippen LogP) is 2.26. The maximum absolute atomic E-state index is 8.94. The molecule has 0 spiro atoms. The highest BCUT2D eigenvalue weighted by Gasteiger charge is 2.04. The molecule has 0 fully saturated rings. The predicted molar refractivity (Wildman–Crippen MR) is 51.4 cm³/mol. The van der Waals surface area contributed by atoms with E-state index in [9.17, 15) is 0 Å². The van der Waals surface area contributed by atoms with E-state index in [2.05, 4.69) is 15.9 Å². The number of halogens is 1. The van der Waals surface area contributed by atoms with E-state index < -0.39 is 0 Å². The van der Waals surface area contributed by atoms with Crippen LogP contribution in [0.5, 0.6) is 5.75 Å². The lowest BCUT2D eigenvalue weighted by molar-refractivity contribution is 0.280. The van der Waals surface area contributed by atoms with Crippen molar-refractivity contribution < 1.29 is 9.84 Å². The van der Waals surface area contributed by atoms with Gasteiger partial charge in [0.1, 0.15) is 5.75 Å². The average Bonchev–Trinajstić information content (AvgIpc) is 2.08. The lowest BCUT2D eigenvalue weighted by Gasteiger charge is -2.07. The van der Waals surface area contributed by atoms with Gasteiger partial charge in [0, 0.05) is 4.47 Å². The standard InChI is InChI=1S/C9H11BrO2/c1-6-3-7(5-11)8(10)4-9(6)12-2/h3-4,11H,5H2,1-2H3. The monoisotopic (exact) mass is 230 g/mol. The Morgan fingerprint density at radius 2 is 2.17 bits per heavy atom. The van der Waals surface area contributed by atoms with Crippen molar-refractivity contribution in [3.63, 3.8) is 0 Å². The molecule has 0 saturated carbocycles. The lowest BCUT2D eigenvalue weighted by atomic mass is 10.1. The summed E-state index contributed by atoms with van der Waals surface area (Å²) in [6, 6.07) is 3.77. The second kappa shape index (κ2) is 3.92. The molecule has 0 saturated heterocycles. The van der Waals surface area contributed by atoms with Crippen LogP contribution < -0.4 is 4.74 Å². The first-order valence-electron chi connectivity index (χ1n) is 3.63. The largest absolute Gasteiger partial charge is 0.496 e. The van der Waals surface area contributed by atoms with E-state index in [1.807, 2.05) is 19.1 Å². The molecular weight excluding hydrogens is 220 g/mol. The van der Waals surface area contributed by atoms with Crippen LogP contribution in [-0.2, 0) is 6.61 Å². The van der Waals surface area contributed by atoms with Crippen LogP contribution in [-0.4, -0.2) is 12.2 Å². The summed E-state index contributed by atoms with van der Waals surface area (Å²) in [4.78, 5) is 0. The number of ether oxygens (including phenoxy) is 1. The van der Waals surface area contributed by atoms with Gasteiger partial charge in [-0.3, -0.25) is 0 Å². The quantitative estimate of drug-likeness (QED) is 0.845. The summed E-state index contributed by atoms with van der Waals surface area (Å²) >= 11 is 3.34. The summed E-state index contributed by atoms with van der Waals surface area (Å²) < 4.78 is 6.00. The van der Waals surface area contributed by atoms with E-state index in [0.29, 0.717) is 0 Å². The fourth-order valence-corrected chi connectivity index (χ4v) is 1.51. The third-order valence-corrected chi connectivity index (χ3v) is 2.47. The van der Waals surface area contributed by atoms with E-state index in [0.717, 1.165) is 21.3 Å². The number of aryl methyl sites for hydroxylation is 1. The van der Waals surface area contributed by atoms with Crippen LogP contribution >= 0.6 is 15.9 Å². The van der Waals surface area contributed by atoms with Gasteiger partial charge in [0.15, 0.2) is 0 Å². The minimum atomic E-state index is 0.0470. The number of hydrogen-bond acceptors (Lipinski definition) is 2. The lowest BCUT2D eigenvalue weighted by Crippen LogP contribution is -1.91. The zero-order valence-electron chi connectivity index (χ0n) is 7.10. The maximum atomic E-state index is 8.94. The molecule has 0 bridgehead atoms. The smallest absolute Gasteiger partial charge is 0.122 e. The summed E-state index contributed by atoms with van der Waals surface area (Å²) in [6.07, 6.45) is 0. The molecule has 0 aromatic heterocycles. The molecule has 3 heteroatoms. The molecule has 0 aliphatic carbocycles. The fourth-order valence-electron chi connectivity index (χ4n) is 1.06. The second-order valence-electron chi connectivity index (χ2n) is 2.57. The number of methoxy groups -OCH3 is 1. The second-order valence-corrected chi connectivity index (χ2v) is 3.43. The number of rotatable bonds is 2. The highest BCUT2D eigenvalue weighted by Crippen LogP contribution is 2.26. The Hall–Kier alpha value is -0.540. The van der Waals surface area contributed by atoms with Gasteiger partial charge in [-0.2, -0.15) is 0 Å². The van der Waals surface area contributed by atoms with Crippen molar-refractivity contribution in [1.82, 2.24) is 0 Å². The number of hydrogen-bond donors (Lipinski definition) is 1. The molecule has 0 atom stereocenters. The minimum absolute atomic E-state index is 0.0470. The third kappa shape index (κ3) is 1.79. The molecule has 2 nitrogen and oxygen atoms in total. The molecule has 1 rings (SSSR count). The van der Waals surface area contributed by atoms with E-state index in [1.54, 1.807) is 7.11 Å². The fraction of sp³-hybridized carbons (Fsp3) is 0.333. The summed E-state index contributed by atoms with van der Waals surface area (Å²) in [5.74, 6) is 0.832. The van der Waals surface area contributed by atoms with Gasteiger partial charge in [0.25, 0.3) is 0 Å². The van der Waals surface area contributed by atoms with Gasteiger partial charge in [-0.05, 0) is 30.2 Å². The maximum Gasteiger partial charge on any atom is 0.122 e. The molecule has 66 valence electrons. The van der Waals surface area contributed by atoms with Gasteiger partial charge < -0.3 is 9.84 Å². The molecule has 0 heterocycles. The normalized spacial score (nSPS) is 10.0. The van der Waals surface area contributed by atoms with Crippen LogP contribution in [0.1, 0.15) is 11.1 Å². The highest BCUT2D eigenvalue weighted by atomic mass is 79.9. The van der Waals surface area contributed by atoms with Crippen LogP contribution in [0, 0.1) is 6.92 Å². The van der Waals surface area contributed by atoms with Gasteiger partial charge >= 0.3 is 0 Å². The van der Waals surface area contributed by atoms with Gasteiger partial charge in [-0.15, -0.1) is 0 Å². The molecular formula is C9H11BrO2. The third-order valence-electron chi connectivity index (χ3n) is 1.73. The first-order chi connectivity index (χ1) is 5.69. The Kier molecular flexibility index (Phi) is 3.12. The van der Waals surface area contributed by atoms with Gasteiger partial charge in [0.2, 0.25) is 0 Å². The van der Waals surface area contributed by atoms with Crippen molar-refractivity contribution in [2.24, 2.45) is 0 Å². The average molecular weight is 231 g/mol. The van der Waals surface area contributed by atoms with Crippen molar-refractivity contribution in [3.8, 4) is 5.75 Å². The zero-order chi connectivity index (χ0) is 9.14. The minimum Gasteiger partial charge on any atom is -0.496 e. The molecule has 0 aliphatic heterocycles. The van der Waals surface area contributed by atoms with E-state index in [1.165, 1.54) is 0 Å². The Bertz CT molecular complexity index is 254. The van der Waals surface area contributed by atoms with Crippen LogP contribution in [0.4, 0.5) is 0 Å². The molecule has 1 aromatic carbocycles. The first kappa shape index (κ1) is 9.55. The van der Waals surface area contributed by atoms with Crippen molar-refractivity contribution in [1.29, 1.82) is 0 Å². The van der Waals surface area contributed by atoms with Gasteiger partial charge in [0.05, 0.1) is 13.7 Å². The summed E-state index contributed by atoms with van der Waals surface area (Å²) in [5.41, 5.74) is 1.91. The molecule has 1 N–H and O–H groups in total. The zero-order valence-corrected chi connectivity index (χ0v) is 8.68. The molecule has 1 aromatic rings. The Balaban J connectivity index is 3.16. The van der Waals surface area contributed by atoms with Crippen LogP contribution in [0.15, 0.2) is 16.6 Å². The van der Waals surface area contributed by atoms with E-state index in [-0.39, 0.29) is 6.61 Å². The van der Waals surface area contributed by atoms with Crippen molar-refractivity contribution >= 4 is 15.9 Å². The van der Waals surface area contributed by atoms with Crippen molar-refractivity contribution in [2.45, 2.75) is 13.5 Å².